The molecule has 17 heavy (non-hydrogen) atoms. The summed E-state index contributed by atoms with van der Waals surface area (Å²) in [4.78, 5) is 12.0. The van der Waals surface area contributed by atoms with Gasteiger partial charge in [0.15, 0.2) is 0 Å². The van der Waals surface area contributed by atoms with E-state index in [2.05, 4.69) is 19.2 Å². The predicted molar refractivity (Wildman–Crippen MR) is 68.5 cm³/mol. The Hall–Kier alpha value is -0.610. The fourth-order valence-electron chi connectivity index (χ4n) is 2.52. The lowest BCUT2D eigenvalue weighted by Gasteiger charge is -2.37. The third kappa shape index (κ3) is 4.28. The minimum Gasteiger partial charge on any atom is -0.394 e. The normalized spacial score (nSPS) is 21.2. The van der Waals surface area contributed by atoms with Crippen LogP contribution >= 0.6 is 0 Å². The molecule has 0 aromatic heterocycles. The van der Waals surface area contributed by atoms with E-state index < -0.39 is 11.6 Å². The van der Waals surface area contributed by atoms with Gasteiger partial charge in [-0.15, -0.1) is 0 Å². The summed E-state index contributed by atoms with van der Waals surface area (Å²) in [6, 6.07) is -0.458. The number of nitrogens with two attached hydrogens (primary N) is 1. The van der Waals surface area contributed by atoms with Crippen LogP contribution in [0, 0.1) is 5.92 Å². The van der Waals surface area contributed by atoms with Crippen LogP contribution in [-0.4, -0.2) is 29.2 Å². The van der Waals surface area contributed by atoms with Crippen LogP contribution in [0.2, 0.25) is 0 Å². The molecule has 0 saturated heterocycles. The van der Waals surface area contributed by atoms with E-state index in [-0.39, 0.29) is 12.5 Å². The first-order valence-electron chi connectivity index (χ1n) is 6.67. The summed E-state index contributed by atoms with van der Waals surface area (Å²) in [5.41, 5.74) is 5.44. The van der Waals surface area contributed by atoms with E-state index in [1.807, 2.05) is 0 Å². The molecule has 0 aromatic rings. The van der Waals surface area contributed by atoms with Crippen molar-refractivity contribution in [2.24, 2.45) is 11.7 Å². The lowest BCUT2D eigenvalue weighted by Crippen LogP contribution is -2.56. The van der Waals surface area contributed by atoms with Gasteiger partial charge in [0, 0.05) is 0 Å². The van der Waals surface area contributed by atoms with Crippen LogP contribution in [0.3, 0.4) is 0 Å². The maximum Gasteiger partial charge on any atom is 0.237 e. The van der Waals surface area contributed by atoms with Gasteiger partial charge in [-0.25, -0.2) is 0 Å². The van der Waals surface area contributed by atoms with Gasteiger partial charge in [0.25, 0.3) is 0 Å². The van der Waals surface area contributed by atoms with Crippen LogP contribution in [0.15, 0.2) is 0 Å². The first-order chi connectivity index (χ1) is 7.99. The van der Waals surface area contributed by atoms with Crippen LogP contribution < -0.4 is 11.1 Å². The van der Waals surface area contributed by atoms with E-state index >= 15 is 0 Å². The van der Waals surface area contributed by atoms with Crippen molar-refractivity contribution >= 4 is 5.91 Å². The van der Waals surface area contributed by atoms with E-state index in [9.17, 15) is 9.90 Å². The molecule has 1 saturated carbocycles. The van der Waals surface area contributed by atoms with E-state index in [1.165, 1.54) is 6.42 Å². The van der Waals surface area contributed by atoms with Gasteiger partial charge in [-0.2, -0.15) is 0 Å². The van der Waals surface area contributed by atoms with Gasteiger partial charge in [0.05, 0.1) is 18.2 Å². The minimum atomic E-state index is -0.458. The Bertz CT molecular complexity index is 248. The Labute approximate surface area is 104 Å². The van der Waals surface area contributed by atoms with Gasteiger partial charge in [-0.05, 0) is 25.2 Å². The highest BCUT2D eigenvalue weighted by molar-refractivity contribution is 5.82. The summed E-state index contributed by atoms with van der Waals surface area (Å²) >= 11 is 0. The van der Waals surface area contributed by atoms with Gasteiger partial charge in [-0.1, -0.05) is 33.1 Å². The van der Waals surface area contributed by atoms with Crippen LogP contribution in [-0.2, 0) is 4.79 Å². The second-order valence-corrected chi connectivity index (χ2v) is 5.72. The number of aliphatic hydroxyl groups excluding tert-OH is 1. The van der Waals surface area contributed by atoms with Gasteiger partial charge in [-0.3, -0.25) is 4.79 Å². The van der Waals surface area contributed by atoms with Crippen LogP contribution in [0.25, 0.3) is 0 Å². The van der Waals surface area contributed by atoms with Crippen LogP contribution in [0.5, 0.6) is 0 Å². The molecule has 0 radical (unpaired) electrons. The van der Waals surface area contributed by atoms with Crippen molar-refractivity contribution < 1.29 is 9.90 Å². The maximum absolute atomic E-state index is 12.0. The van der Waals surface area contributed by atoms with Crippen LogP contribution in [0.4, 0.5) is 0 Å². The highest BCUT2D eigenvalue weighted by atomic mass is 16.3. The predicted octanol–water partition coefficient (Wildman–Crippen LogP) is 1.17. The number of hydrogen-bond acceptors (Lipinski definition) is 3. The summed E-state index contributed by atoms with van der Waals surface area (Å²) in [6.45, 7) is 4.12. The van der Waals surface area contributed by atoms with Crippen molar-refractivity contribution in [1.29, 1.82) is 0 Å². The number of nitrogens with one attached hydrogen (secondary N) is 1. The highest BCUT2D eigenvalue weighted by Crippen LogP contribution is 2.27. The third-order valence-electron chi connectivity index (χ3n) is 3.56. The molecule has 4 N–H and O–H groups in total. The van der Waals surface area contributed by atoms with E-state index in [0.29, 0.717) is 12.3 Å². The van der Waals surface area contributed by atoms with E-state index in [4.69, 9.17) is 5.73 Å². The highest BCUT2D eigenvalue weighted by Gasteiger charge is 2.34. The molecule has 100 valence electrons. The van der Waals surface area contributed by atoms with Crippen molar-refractivity contribution in [1.82, 2.24) is 5.32 Å². The first-order valence-corrected chi connectivity index (χ1v) is 6.67. The summed E-state index contributed by atoms with van der Waals surface area (Å²) in [6.07, 6.45) is 5.75. The topological polar surface area (TPSA) is 75.4 Å². The number of carbonyl (C=O) groups excluding carboxylic acids is 1. The number of carbonyl (C=O) groups is 1. The molecule has 1 aliphatic carbocycles. The lowest BCUT2D eigenvalue weighted by molar-refractivity contribution is -0.125. The number of hydrogen-bond donors (Lipinski definition) is 3. The maximum atomic E-state index is 12.0. The van der Waals surface area contributed by atoms with E-state index in [0.717, 1.165) is 25.7 Å². The smallest absolute Gasteiger partial charge is 0.237 e. The summed E-state index contributed by atoms with van der Waals surface area (Å²) in [5, 5.41) is 12.5. The molecule has 1 amide bonds. The van der Waals surface area contributed by atoms with Gasteiger partial charge >= 0.3 is 0 Å². The van der Waals surface area contributed by atoms with Crippen molar-refractivity contribution in [3.05, 3.63) is 0 Å². The molecule has 4 heteroatoms. The molecule has 0 bridgehead atoms. The van der Waals surface area contributed by atoms with Crippen molar-refractivity contribution in [3.63, 3.8) is 0 Å². The number of rotatable bonds is 5. The Balaban J connectivity index is 2.52. The molecular weight excluding hydrogens is 216 g/mol. The Kier molecular flexibility index (Phi) is 5.40. The Morgan fingerprint density at radius 1 is 1.35 bits per heavy atom. The molecule has 1 fully saturated rings. The molecule has 1 atom stereocenters. The van der Waals surface area contributed by atoms with Gasteiger partial charge < -0.3 is 16.2 Å². The number of amides is 1. The van der Waals surface area contributed by atoms with Crippen LogP contribution in [0.1, 0.15) is 52.4 Å². The third-order valence-corrected chi connectivity index (χ3v) is 3.56. The fraction of sp³-hybridized carbons (Fsp3) is 0.923. The second kappa shape index (κ2) is 6.36. The Morgan fingerprint density at radius 3 is 2.41 bits per heavy atom. The molecule has 0 spiro atoms. The summed E-state index contributed by atoms with van der Waals surface area (Å²) in [7, 11) is 0. The lowest BCUT2D eigenvalue weighted by atomic mass is 9.82. The zero-order chi connectivity index (χ0) is 12.9. The molecule has 0 heterocycles. The van der Waals surface area contributed by atoms with Crippen molar-refractivity contribution in [2.75, 3.05) is 6.61 Å². The molecular formula is C13H26N2O2. The monoisotopic (exact) mass is 242 g/mol. The van der Waals surface area contributed by atoms with Crippen molar-refractivity contribution in [2.45, 2.75) is 64.0 Å². The fourth-order valence-corrected chi connectivity index (χ4v) is 2.52. The molecule has 0 aromatic carbocycles. The standard InChI is InChI=1S/C13H26N2O2/c1-10(2)8-11(14)12(17)15-13(9-16)6-4-3-5-7-13/h10-11,16H,3-9,14H2,1-2H3,(H,15,17). The SMILES string of the molecule is CC(C)CC(N)C(=O)NC1(CO)CCCCC1. The molecule has 1 rings (SSSR count). The molecule has 4 nitrogen and oxygen atoms in total. The largest absolute Gasteiger partial charge is 0.394 e. The number of aliphatic hydroxyl groups is 1. The zero-order valence-corrected chi connectivity index (χ0v) is 11.0. The summed E-state index contributed by atoms with van der Waals surface area (Å²) in [5.74, 6) is 0.293. The quantitative estimate of drug-likeness (QED) is 0.677. The molecule has 0 aliphatic heterocycles. The zero-order valence-electron chi connectivity index (χ0n) is 11.0. The molecule has 1 aliphatic rings. The average molecular weight is 242 g/mol. The second-order valence-electron chi connectivity index (χ2n) is 5.72. The molecule has 1 unspecified atom stereocenters. The van der Waals surface area contributed by atoms with Gasteiger partial charge in [0.1, 0.15) is 0 Å². The first kappa shape index (κ1) is 14.5. The minimum absolute atomic E-state index is 0.0210. The Morgan fingerprint density at radius 2 is 1.94 bits per heavy atom. The van der Waals surface area contributed by atoms with Crippen molar-refractivity contribution in [3.8, 4) is 0 Å². The van der Waals surface area contributed by atoms with Gasteiger partial charge in [0.2, 0.25) is 5.91 Å². The summed E-state index contributed by atoms with van der Waals surface area (Å²) < 4.78 is 0. The average Bonchev–Trinajstić information content (AvgIpc) is 2.29. The van der Waals surface area contributed by atoms with E-state index in [1.54, 1.807) is 0 Å².